The number of carbonyl (C=O) groups is 2. The Morgan fingerprint density at radius 2 is 1.21 bits per heavy atom. The van der Waals surface area contributed by atoms with Crippen LogP contribution in [0.1, 0.15) is 67.2 Å². The van der Waals surface area contributed by atoms with Gasteiger partial charge in [-0.3, -0.25) is 0 Å². The minimum atomic E-state index is -0.884. The molecule has 0 aliphatic rings. The molecule has 0 aromatic heterocycles. The van der Waals surface area contributed by atoms with E-state index in [9.17, 15) is 19.8 Å². The van der Waals surface area contributed by atoms with Crippen LogP contribution in [-0.2, 0) is 0 Å². The van der Waals surface area contributed by atoms with Crippen LogP contribution >= 0.6 is 0 Å². The van der Waals surface area contributed by atoms with Gasteiger partial charge in [-0.25, -0.2) is 9.59 Å². The zero-order valence-electron chi connectivity index (χ0n) is 17.3. The lowest BCUT2D eigenvalue weighted by Gasteiger charge is -2.28. The van der Waals surface area contributed by atoms with E-state index >= 15 is 0 Å². The van der Waals surface area contributed by atoms with E-state index in [1.165, 1.54) is 0 Å². The van der Waals surface area contributed by atoms with Crippen molar-refractivity contribution in [1.29, 1.82) is 0 Å². The zero-order valence-corrected chi connectivity index (χ0v) is 17.3. The molecule has 0 saturated carbocycles. The predicted octanol–water partition coefficient (Wildman–Crippen LogP) is 4.47. The molecule has 0 aliphatic heterocycles. The van der Waals surface area contributed by atoms with Crippen LogP contribution in [-0.4, -0.2) is 44.1 Å². The molecule has 0 amide bonds. The Balaban J connectivity index is 0.000000408. The second-order valence-corrected chi connectivity index (χ2v) is 6.75. The van der Waals surface area contributed by atoms with Crippen molar-refractivity contribution >= 4 is 11.9 Å². The molecule has 160 valence electrons. The van der Waals surface area contributed by atoms with Crippen LogP contribution in [0.25, 0.3) is 0 Å². The number of rotatable bonds is 7. The van der Waals surface area contributed by atoms with E-state index in [2.05, 4.69) is 0 Å². The molecule has 0 fully saturated rings. The minimum Gasteiger partial charge on any atom is -0.478 e. The zero-order chi connectivity index (χ0) is 22.3. The van der Waals surface area contributed by atoms with Gasteiger partial charge in [0.1, 0.15) is 0 Å². The van der Waals surface area contributed by atoms with Gasteiger partial charge in [-0.1, -0.05) is 63.1 Å². The van der Waals surface area contributed by atoms with Gasteiger partial charge in [-0.05, 0) is 44.0 Å². The molecule has 4 N–H and O–H groups in total. The molecule has 0 heterocycles. The Morgan fingerprint density at radius 1 is 0.828 bits per heavy atom. The molecule has 2 rings (SSSR count). The number of aliphatic hydroxyl groups excluding tert-OH is 1. The first kappa shape index (κ1) is 26.3. The fourth-order valence-corrected chi connectivity index (χ4v) is 2.42. The average molecular weight is 405 g/mol. The van der Waals surface area contributed by atoms with Gasteiger partial charge in [0, 0.05) is 0 Å². The monoisotopic (exact) mass is 404 g/mol. The van der Waals surface area contributed by atoms with Gasteiger partial charge in [0.25, 0.3) is 0 Å². The van der Waals surface area contributed by atoms with E-state index in [-0.39, 0.29) is 0 Å². The van der Waals surface area contributed by atoms with E-state index in [1.807, 2.05) is 13.8 Å². The number of carboxylic acid groups (broad SMARTS) is 2. The molecule has 0 radical (unpaired) electrons. The SMILES string of the molecule is CCCC(O)C(C)(O)CCC.O=C(O)c1ccccc1.O=C(O)c1ccccc1. The van der Waals surface area contributed by atoms with Crippen LogP contribution in [0.5, 0.6) is 0 Å². The summed E-state index contributed by atoms with van der Waals surface area (Å²) < 4.78 is 0. The van der Waals surface area contributed by atoms with Crippen molar-refractivity contribution in [2.75, 3.05) is 0 Å². The van der Waals surface area contributed by atoms with E-state index in [0.29, 0.717) is 24.0 Å². The number of hydrogen-bond donors (Lipinski definition) is 4. The van der Waals surface area contributed by atoms with Crippen LogP contribution in [0.2, 0.25) is 0 Å². The molecular formula is C23H32O6. The summed E-state index contributed by atoms with van der Waals surface area (Å²) in [6.45, 7) is 5.72. The molecule has 0 spiro atoms. The first-order chi connectivity index (χ1) is 13.7. The van der Waals surface area contributed by atoms with E-state index < -0.39 is 23.6 Å². The summed E-state index contributed by atoms with van der Waals surface area (Å²) in [6, 6.07) is 16.6. The number of benzene rings is 2. The lowest BCUT2D eigenvalue weighted by molar-refractivity contribution is -0.0705. The number of aromatic carboxylic acids is 2. The third-order valence-corrected chi connectivity index (χ3v) is 4.08. The predicted molar refractivity (Wildman–Crippen MR) is 113 cm³/mol. The maximum absolute atomic E-state index is 10.2. The van der Waals surface area contributed by atoms with Crippen molar-refractivity contribution < 1.29 is 30.0 Å². The molecule has 6 heteroatoms. The lowest BCUT2D eigenvalue weighted by Crippen LogP contribution is -2.38. The summed E-state index contributed by atoms with van der Waals surface area (Å²) >= 11 is 0. The molecule has 6 nitrogen and oxygen atoms in total. The van der Waals surface area contributed by atoms with Crippen molar-refractivity contribution in [2.45, 2.75) is 58.2 Å². The minimum absolute atomic E-state index is 0.331. The molecule has 2 atom stereocenters. The molecule has 2 aromatic rings. The maximum atomic E-state index is 10.2. The van der Waals surface area contributed by atoms with E-state index in [1.54, 1.807) is 67.6 Å². The highest BCUT2D eigenvalue weighted by Crippen LogP contribution is 2.19. The van der Waals surface area contributed by atoms with Crippen molar-refractivity contribution in [1.82, 2.24) is 0 Å². The van der Waals surface area contributed by atoms with Crippen LogP contribution in [0.3, 0.4) is 0 Å². The fourth-order valence-electron chi connectivity index (χ4n) is 2.42. The van der Waals surface area contributed by atoms with Crippen molar-refractivity contribution in [3.63, 3.8) is 0 Å². The molecular weight excluding hydrogens is 372 g/mol. The van der Waals surface area contributed by atoms with Crippen LogP contribution in [0.4, 0.5) is 0 Å². The Kier molecular flexibility index (Phi) is 13.0. The van der Waals surface area contributed by atoms with Crippen molar-refractivity contribution in [3.8, 4) is 0 Å². The molecule has 2 aromatic carbocycles. The largest absolute Gasteiger partial charge is 0.478 e. The fraction of sp³-hybridized carbons (Fsp3) is 0.391. The quantitative estimate of drug-likeness (QED) is 0.541. The van der Waals surface area contributed by atoms with E-state index in [4.69, 9.17) is 10.2 Å². The summed E-state index contributed by atoms with van der Waals surface area (Å²) in [5, 5.41) is 35.9. The Bertz CT molecular complexity index is 648. The summed E-state index contributed by atoms with van der Waals surface area (Å²) in [7, 11) is 0. The van der Waals surface area contributed by atoms with Gasteiger partial charge in [0.2, 0.25) is 0 Å². The Morgan fingerprint density at radius 3 is 1.45 bits per heavy atom. The molecule has 2 unspecified atom stereocenters. The van der Waals surface area contributed by atoms with Crippen LogP contribution < -0.4 is 0 Å². The number of carboxylic acids is 2. The van der Waals surface area contributed by atoms with Gasteiger partial charge in [0.05, 0.1) is 22.8 Å². The van der Waals surface area contributed by atoms with Crippen molar-refractivity contribution in [3.05, 3.63) is 71.8 Å². The Hall–Kier alpha value is -2.70. The van der Waals surface area contributed by atoms with Crippen LogP contribution in [0, 0.1) is 0 Å². The summed E-state index contributed by atoms with van der Waals surface area (Å²) in [5.74, 6) is -1.76. The first-order valence-electron chi connectivity index (χ1n) is 9.62. The number of hydrogen-bond acceptors (Lipinski definition) is 4. The third kappa shape index (κ3) is 11.7. The van der Waals surface area contributed by atoms with Crippen molar-refractivity contribution in [2.24, 2.45) is 0 Å². The maximum Gasteiger partial charge on any atom is 0.335 e. The van der Waals surface area contributed by atoms with Crippen LogP contribution in [0.15, 0.2) is 60.7 Å². The van der Waals surface area contributed by atoms with Gasteiger partial charge >= 0.3 is 11.9 Å². The second kappa shape index (κ2) is 14.3. The van der Waals surface area contributed by atoms with Gasteiger partial charge in [0.15, 0.2) is 0 Å². The van der Waals surface area contributed by atoms with E-state index in [0.717, 1.165) is 12.8 Å². The standard InChI is InChI=1S/C9H20O2.2C7H6O2/c1-4-6-8(10)9(3,11)7-5-2;2*8-7(9)6-4-2-1-3-5-6/h8,10-11H,4-7H2,1-3H3;2*1-5H,(H,8,9). The molecule has 0 saturated heterocycles. The summed E-state index contributed by atoms with van der Waals surface area (Å²) in [4.78, 5) is 20.4. The molecule has 29 heavy (non-hydrogen) atoms. The molecule has 0 bridgehead atoms. The summed E-state index contributed by atoms with van der Waals surface area (Å²) in [5.41, 5.74) is -0.222. The lowest BCUT2D eigenvalue weighted by atomic mass is 9.91. The Labute approximate surface area is 172 Å². The third-order valence-electron chi connectivity index (χ3n) is 4.08. The highest BCUT2D eigenvalue weighted by atomic mass is 16.4. The second-order valence-electron chi connectivity index (χ2n) is 6.75. The average Bonchev–Trinajstić information content (AvgIpc) is 2.70. The smallest absolute Gasteiger partial charge is 0.335 e. The summed E-state index contributed by atoms with van der Waals surface area (Å²) in [6.07, 6.45) is 2.63. The number of aliphatic hydroxyl groups is 2. The molecule has 0 aliphatic carbocycles. The van der Waals surface area contributed by atoms with Gasteiger partial charge in [-0.15, -0.1) is 0 Å². The van der Waals surface area contributed by atoms with Gasteiger partial charge < -0.3 is 20.4 Å². The normalized spacial score (nSPS) is 12.9. The topological polar surface area (TPSA) is 115 Å². The highest BCUT2D eigenvalue weighted by Gasteiger charge is 2.27. The first-order valence-corrected chi connectivity index (χ1v) is 9.62. The van der Waals surface area contributed by atoms with Gasteiger partial charge in [-0.2, -0.15) is 0 Å². The highest BCUT2D eigenvalue weighted by molar-refractivity contribution is 5.87.